The van der Waals surface area contributed by atoms with Gasteiger partial charge in [0.15, 0.2) is 17.0 Å². The van der Waals surface area contributed by atoms with Gasteiger partial charge < -0.3 is 14.2 Å². The minimum Gasteiger partial charge on any atom is -0.376 e. The number of imidazole rings is 1. The molecule has 0 saturated carbocycles. The molecule has 1 aromatic carbocycles. The molecule has 2 aliphatic heterocycles. The van der Waals surface area contributed by atoms with Gasteiger partial charge in [0.2, 0.25) is 5.28 Å². The van der Waals surface area contributed by atoms with Gasteiger partial charge in [0.1, 0.15) is 11.6 Å². The summed E-state index contributed by atoms with van der Waals surface area (Å²) in [6, 6.07) is 3.01. The van der Waals surface area contributed by atoms with Gasteiger partial charge >= 0.3 is 6.18 Å². The van der Waals surface area contributed by atoms with Crippen molar-refractivity contribution in [3.05, 3.63) is 46.3 Å². The van der Waals surface area contributed by atoms with E-state index in [0.29, 0.717) is 48.7 Å². The smallest absolute Gasteiger partial charge is 0.376 e. The van der Waals surface area contributed by atoms with Crippen LogP contribution in [0.4, 0.5) is 23.4 Å². The largest absolute Gasteiger partial charge is 0.419 e. The first-order chi connectivity index (χ1) is 18.4. The van der Waals surface area contributed by atoms with E-state index in [1.54, 1.807) is 0 Å². The van der Waals surface area contributed by atoms with Crippen LogP contribution in [0, 0.1) is 18.7 Å². The summed E-state index contributed by atoms with van der Waals surface area (Å²) in [6.07, 6.45) is -2.58. The Morgan fingerprint density at radius 2 is 1.92 bits per heavy atom. The summed E-state index contributed by atoms with van der Waals surface area (Å²) in [7, 11) is 0. The van der Waals surface area contributed by atoms with E-state index in [0.717, 1.165) is 37.4 Å². The summed E-state index contributed by atoms with van der Waals surface area (Å²) in [5.74, 6) is 0.280. The third kappa shape index (κ3) is 5.58. The monoisotopic (exact) mass is 568 g/mol. The molecule has 7 nitrogen and oxygen atoms in total. The first-order valence-corrected chi connectivity index (χ1v) is 13.7. The van der Waals surface area contributed by atoms with Gasteiger partial charge in [-0.2, -0.15) is 23.1 Å². The van der Waals surface area contributed by atoms with Crippen LogP contribution >= 0.6 is 11.6 Å². The second-order valence-corrected chi connectivity index (χ2v) is 11.2. The van der Waals surface area contributed by atoms with Crippen LogP contribution in [-0.2, 0) is 17.5 Å². The van der Waals surface area contributed by atoms with Gasteiger partial charge in [-0.1, -0.05) is 19.9 Å². The number of aryl methyl sites for hydroxylation is 1. The van der Waals surface area contributed by atoms with Crippen molar-refractivity contribution in [3.63, 3.8) is 0 Å². The molecule has 2 aliphatic rings. The second kappa shape index (κ2) is 10.8. The zero-order chi connectivity index (χ0) is 28.1. The molecule has 2 fully saturated rings. The topological polar surface area (TPSA) is 59.3 Å². The normalized spacial score (nSPS) is 21.8. The number of ether oxygens (including phenoxy) is 1. The van der Waals surface area contributed by atoms with Crippen LogP contribution in [0.1, 0.15) is 56.6 Å². The molecule has 3 unspecified atom stereocenters. The van der Waals surface area contributed by atoms with Crippen LogP contribution in [0.5, 0.6) is 0 Å². The number of halogens is 5. The Kier molecular flexibility index (Phi) is 7.78. The maximum atomic E-state index is 14.5. The molecule has 0 aliphatic carbocycles. The van der Waals surface area contributed by atoms with Crippen molar-refractivity contribution in [2.75, 3.05) is 31.1 Å². The summed E-state index contributed by atoms with van der Waals surface area (Å²) in [4.78, 5) is 18.2. The van der Waals surface area contributed by atoms with Crippen molar-refractivity contribution in [1.29, 1.82) is 0 Å². The van der Waals surface area contributed by atoms with Crippen molar-refractivity contribution in [3.8, 4) is 0 Å². The Morgan fingerprint density at radius 1 is 1.15 bits per heavy atom. The highest BCUT2D eigenvalue weighted by Crippen LogP contribution is 2.37. The lowest BCUT2D eigenvalue weighted by atomic mass is 9.92. The van der Waals surface area contributed by atoms with E-state index in [4.69, 9.17) is 21.3 Å². The fourth-order valence-corrected chi connectivity index (χ4v) is 6.16. The van der Waals surface area contributed by atoms with Gasteiger partial charge in [0.05, 0.1) is 18.2 Å². The number of benzene rings is 1. The van der Waals surface area contributed by atoms with Gasteiger partial charge in [-0.25, -0.2) is 9.37 Å². The van der Waals surface area contributed by atoms with E-state index in [1.807, 2.05) is 25.3 Å². The number of hydrogen-bond donors (Lipinski definition) is 0. The Bertz CT molecular complexity index is 1340. The van der Waals surface area contributed by atoms with E-state index in [-0.39, 0.29) is 29.4 Å². The molecule has 3 atom stereocenters. The van der Waals surface area contributed by atoms with Crippen LogP contribution in [0.3, 0.4) is 0 Å². The van der Waals surface area contributed by atoms with Gasteiger partial charge in [-0.3, -0.25) is 4.90 Å². The summed E-state index contributed by atoms with van der Waals surface area (Å²) in [5.41, 5.74) is 0.645. The van der Waals surface area contributed by atoms with Crippen molar-refractivity contribution in [2.24, 2.45) is 5.92 Å². The summed E-state index contributed by atoms with van der Waals surface area (Å²) in [5, 5.41) is 0.140. The highest BCUT2D eigenvalue weighted by Gasteiger charge is 2.37. The van der Waals surface area contributed by atoms with E-state index < -0.39 is 17.6 Å². The predicted octanol–water partition coefficient (Wildman–Crippen LogP) is 6.03. The van der Waals surface area contributed by atoms with Crippen molar-refractivity contribution < 1.29 is 22.3 Å². The van der Waals surface area contributed by atoms with Crippen LogP contribution in [0.15, 0.2) is 18.2 Å². The average molecular weight is 569 g/mol. The van der Waals surface area contributed by atoms with Crippen LogP contribution < -0.4 is 4.90 Å². The van der Waals surface area contributed by atoms with Crippen LogP contribution in [0.25, 0.3) is 11.2 Å². The Labute approximate surface area is 230 Å². The Balaban J connectivity index is 1.40. The SMILES string of the molecule is Cc1nc2c(N3CCN(C(c4ccc(C(F)(F)F)c(F)c4)C(C)C)CC3C)nc(Cl)nc2n1CC1CCCO1. The van der Waals surface area contributed by atoms with Crippen molar-refractivity contribution in [1.82, 2.24) is 24.4 Å². The Morgan fingerprint density at radius 3 is 2.54 bits per heavy atom. The molecule has 2 aromatic heterocycles. The molecule has 5 rings (SSSR count). The second-order valence-electron chi connectivity index (χ2n) is 10.9. The first kappa shape index (κ1) is 28.0. The molecule has 3 aromatic rings. The average Bonchev–Trinajstić information content (AvgIpc) is 3.46. The molecular weight excluding hydrogens is 536 g/mol. The number of aromatic nitrogens is 4. The molecular formula is C27H33ClF4N6O. The Hall–Kier alpha value is -2.50. The molecule has 0 bridgehead atoms. The number of rotatable bonds is 6. The fraction of sp³-hybridized carbons (Fsp3) is 0.593. The van der Waals surface area contributed by atoms with Crippen LogP contribution in [-0.4, -0.2) is 62.8 Å². The summed E-state index contributed by atoms with van der Waals surface area (Å²) >= 11 is 6.40. The molecule has 2 saturated heterocycles. The lowest BCUT2D eigenvalue weighted by Crippen LogP contribution is -2.54. The summed E-state index contributed by atoms with van der Waals surface area (Å²) in [6.45, 7) is 11.2. The van der Waals surface area contributed by atoms with Gasteiger partial charge in [0.25, 0.3) is 0 Å². The van der Waals surface area contributed by atoms with E-state index in [1.165, 1.54) is 6.07 Å². The first-order valence-electron chi connectivity index (χ1n) is 13.3. The number of hydrogen-bond acceptors (Lipinski definition) is 6. The molecule has 0 N–H and O–H groups in total. The molecule has 0 amide bonds. The number of nitrogens with zero attached hydrogens (tertiary/aromatic N) is 6. The highest BCUT2D eigenvalue weighted by atomic mass is 35.5. The molecule has 12 heteroatoms. The zero-order valence-corrected chi connectivity index (χ0v) is 23.2. The number of alkyl halides is 3. The fourth-order valence-electron chi connectivity index (χ4n) is 6.00. The number of piperazine rings is 1. The maximum absolute atomic E-state index is 14.5. The van der Waals surface area contributed by atoms with E-state index >= 15 is 0 Å². The van der Waals surface area contributed by atoms with E-state index in [2.05, 4.69) is 26.7 Å². The lowest BCUT2D eigenvalue weighted by Gasteiger charge is -2.45. The van der Waals surface area contributed by atoms with Gasteiger partial charge in [-0.05, 0) is 61.9 Å². The zero-order valence-electron chi connectivity index (χ0n) is 22.5. The number of anilines is 1. The summed E-state index contributed by atoms with van der Waals surface area (Å²) < 4.78 is 61.7. The lowest BCUT2D eigenvalue weighted by molar-refractivity contribution is -0.140. The molecule has 212 valence electrons. The van der Waals surface area contributed by atoms with E-state index in [9.17, 15) is 17.6 Å². The van der Waals surface area contributed by atoms with Gasteiger partial charge in [-0.15, -0.1) is 0 Å². The third-order valence-electron chi connectivity index (χ3n) is 7.75. The predicted molar refractivity (Wildman–Crippen MR) is 141 cm³/mol. The third-order valence-corrected chi connectivity index (χ3v) is 7.91. The minimum absolute atomic E-state index is 0.0166. The maximum Gasteiger partial charge on any atom is 0.419 e. The molecule has 4 heterocycles. The van der Waals surface area contributed by atoms with Crippen molar-refractivity contribution in [2.45, 2.75) is 71.4 Å². The molecule has 0 radical (unpaired) electrons. The minimum atomic E-state index is -4.73. The molecule has 0 spiro atoms. The van der Waals surface area contributed by atoms with Gasteiger partial charge in [0, 0.05) is 38.3 Å². The van der Waals surface area contributed by atoms with Crippen molar-refractivity contribution >= 4 is 28.6 Å². The van der Waals surface area contributed by atoms with Crippen LogP contribution in [0.2, 0.25) is 5.28 Å². The number of fused-ring (bicyclic) bond motifs is 1. The standard InChI is InChI=1S/C27H33ClF4N6O/c1-15(2)23(18-7-8-20(21(29)12-18)27(30,31)32)36-9-10-37(16(3)13-36)24-22-25(35-26(28)34-24)38(17(4)33-22)14-19-6-5-11-39-19/h7-8,12,15-16,19,23H,5-6,9-11,13-14H2,1-4H3. The highest BCUT2D eigenvalue weighted by molar-refractivity contribution is 6.28. The quantitative estimate of drug-likeness (QED) is 0.267. The molecule has 39 heavy (non-hydrogen) atoms.